The largest absolute Gasteiger partial charge is 0.495 e. The van der Waals surface area contributed by atoms with Crippen molar-refractivity contribution in [1.82, 2.24) is 0 Å². The minimum Gasteiger partial charge on any atom is -0.495 e. The van der Waals surface area contributed by atoms with E-state index in [0.29, 0.717) is 16.3 Å². The van der Waals surface area contributed by atoms with Crippen molar-refractivity contribution >= 4 is 51.6 Å². The molecular weight excluding hydrogens is 338 g/mol. The Morgan fingerprint density at radius 3 is 2.71 bits per heavy atom. The molecule has 0 amide bonds. The molecule has 0 aliphatic heterocycles. The van der Waals surface area contributed by atoms with E-state index in [0.717, 1.165) is 3.57 Å². The van der Waals surface area contributed by atoms with Crippen LogP contribution in [0.25, 0.3) is 0 Å². The first-order valence-electron chi connectivity index (χ1n) is 3.72. The molecule has 0 unspecified atom stereocenters. The minimum atomic E-state index is -0.200. The van der Waals surface area contributed by atoms with E-state index in [4.69, 9.17) is 27.9 Å². The van der Waals surface area contributed by atoms with Gasteiger partial charge < -0.3 is 4.74 Å². The van der Waals surface area contributed by atoms with Crippen LogP contribution < -0.4 is 4.74 Å². The molecule has 0 saturated heterocycles. The molecule has 1 rings (SSSR count). The van der Waals surface area contributed by atoms with Crippen LogP contribution in [0, 0.1) is 3.57 Å². The zero-order valence-corrected chi connectivity index (χ0v) is 11.0. The summed E-state index contributed by atoms with van der Waals surface area (Å²) < 4.78 is 5.92. The topological polar surface area (TPSA) is 26.3 Å². The summed E-state index contributed by atoms with van der Waals surface area (Å²) in [6, 6.07) is 3.45. The summed E-state index contributed by atoms with van der Waals surface area (Å²) in [6.45, 7) is 0. The first-order valence-corrected chi connectivity index (χ1v) is 5.71. The Morgan fingerprint density at radius 2 is 2.21 bits per heavy atom. The molecule has 0 N–H and O–H groups in total. The Kier molecular flexibility index (Phi) is 4.47. The van der Waals surface area contributed by atoms with Crippen molar-refractivity contribution in [1.29, 1.82) is 0 Å². The Bertz CT molecular complexity index is 366. The summed E-state index contributed by atoms with van der Waals surface area (Å²) in [5.41, 5.74) is 0.408. The van der Waals surface area contributed by atoms with Crippen LogP contribution >= 0.6 is 45.8 Å². The van der Waals surface area contributed by atoms with E-state index in [2.05, 4.69) is 22.6 Å². The molecule has 0 saturated carbocycles. The van der Waals surface area contributed by atoms with E-state index in [1.165, 1.54) is 7.11 Å². The van der Waals surface area contributed by atoms with Crippen LogP contribution in [0.4, 0.5) is 0 Å². The smallest absolute Gasteiger partial charge is 0.179 e. The lowest BCUT2D eigenvalue weighted by molar-refractivity contribution is 0.102. The van der Waals surface area contributed by atoms with Crippen LogP contribution in [-0.4, -0.2) is 18.8 Å². The fourth-order valence-electron chi connectivity index (χ4n) is 0.988. The van der Waals surface area contributed by atoms with Crippen LogP contribution in [0.5, 0.6) is 5.75 Å². The summed E-state index contributed by atoms with van der Waals surface area (Å²) >= 11 is 13.5. The Morgan fingerprint density at radius 1 is 1.57 bits per heavy atom. The van der Waals surface area contributed by atoms with Crippen molar-refractivity contribution in [2.45, 2.75) is 0 Å². The van der Waals surface area contributed by atoms with Gasteiger partial charge in [0.15, 0.2) is 5.78 Å². The molecule has 14 heavy (non-hydrogen) atoms. The number of benzene rings is 1. The first kappa shape index (κ1) is 12.1. The summed E-state index contributed by atoms with van der Waals surface area (Å²) in [7, 11) is 1.51. The highest BCUT2D eigenvalue weighted by Crippen LogP contribution is 2.30. The fourth-order valence-corrected chi connectivity index (χ4v) is 2.02. The molecule has 0 heterocycles. The number of ketones is 1. The lowest BCUT2D eigenvalue weighted by Crippen LogP contribution is -2.03. The highest BCUT2D eigenvalue weighted by molar-refractivity contribution is 14.1. The predicted octanol–water partition coefficient (Wildman–Crippen LogP) is 3.37. The normalized spacial score (nSPS) is 10.0. The maximum absolute atomic E-state index is 11.4. The first-order chi connectivity index (χ1) is 6.60. The van der Waals surface area contributed by atoms with Gasteiger partial charge in [-0.25, -0.2) is 0 Å². The SMILES string of the molecule is COc1cc(I)cc(C(=O)CCl)c1Cl. The molecule has 5 heteroatoms. The molecule has 2 nitrogen and oxygen atoms in total. The third-order valence-electron chi connectivity index (χ3n) is 1.65. The predicted molar refractivity (Wildman–Crippen MR) is 65.8 cm³/mol. The maximum atomic E-state index is 11.4. The number of carbonyl (C=O) groups excluding carboxylic acids is 1. The van der Waals surface area contributed by atoms with Gasteiger partial charge in [-0.15, -0.1) is 11.6 Å². The summed E-state index contributed by atoms with van der Waals surface area (Å²) in [4.78, 5) is 11.4. The van der Waals surface area contributed by atoms with Gasteiger partial charge in [0, 0.05) is 9.13 Å². The second-order valence-corrected chi connectivity index (χ2v) is 4.42. The van der Waals surface area contributed by atoms with Crippen molar-refractivity contribution in [3.63, 3.8) is 0 Å². The van der Waals surface area contributed by atoms with Crippen molar-refractivity contribution in [3.05, 3.63) is 26.3 Å². The van der Waals surface area contributed by atoms with E-state index in [-0.39, 0.29) is 11.7 Å². The van der Waals surface area contributed by atoms with Crippen LogP contribution in [0.1, 0.15) is 10.4 Å². The van der Waals surface area contributed by atoms with Crippen molar-refractivity contribution < 1.29 is 9.53 Å². The summed E-state index contributed by atoms with van der Waals surface area (Å²) in [6.07, 6.45) is 0. The van der Waals surface area contributed by atoms with E-state index in [1.54, 1.807) is 12.1 Å². The number of hydrogen-bond donors (Lipinski definition) is 0. The second-order valence-electron chi connectivity index (χ2n) is 2.53. The van der Waals surface area contributed by atoms with E-state index >= 15 is 0 Å². The van der Waals surface area contributed by atoms with Gasteiger partial charge in [-0.3, -0.25) is 4.79 Å². The number of halogens is 3. The van der Waals surface area contributed by atoms with Gasteiger partial charge in [-0.1, -0.05) is 11.6 Å². The molecule has 0 atom stereocenters. The van der Waals surface area contributed by atoms with E-state index in [1.807, 2.05) is 0 Å². The van der Waals surface area contributed by atoms with Gasteiger partial charge in [0.05, 0.1) is 18.0 Å². The zero-order valence-electron chi connectivity index (χ0n) is 7.31. The van der Waals surface area contributed by atoms with Crippen LogP contribution in [0.3, 0.4) is 0 Å². The average molecular weight is 345 g/mol. The van der Waals surface area contributed by atoms with Crippen LogP contribution in [-0.2, 0) is 0 Å². The molecule has 0 fully saturated rings. The van der Waals surface area contributed by atoms with Gasteiger partial charge in [-0.05, 0) is 34.7 Å². The van der Waals surface area contributed by atoms with E-state index < -0.39 is 0 Å². The van der Waals surface area contributed by atoms with Gasteiger partial charge >= 0.3 is 0 Å². The lowest BCUT2D eigenvalue weighted by Gasteiger charge is -2.07. The van der Waals surface area contributed by atoms with Gasteiger partial charge in [0.25, 0.3) is 0 Å². The number of carbonyl (C=O) groups is 1. The number of methoxy groups -OCH3 is 1. The lowest BCUT2D eigenvalue weighted by atomic mass is 10.1. The Hall–Kier alpha value is -0.000000000000000167. The molecule has 0 aliphatic carbocycles. The number of hydrogen-bond acceptors (Lipinski definition) is 2. The van der Waals surface area contributed by atoms with Crippen molar-refractivity contribution in [3.8, 4) is 5.75 Å². The molecule has 0 aliphatic rings. The molecule has 76 valence electrons. The molecule has 0 aromatic heterocycles. The third-order valence-corrected chi connectivity index (χ3v) is 2.90. The molecule has 0 bridgehead atoms. The summed E-state index contributed by atoms with van der Waals surface area (Å²) in [5, 5.41) is 0.318. The zero-order chi connectivity index (χ0) is 10.7. The fraction of sp³-hybridized carbons (Fsp3) is 0.222. The van der Waals surface area contributed by atoms with Crippen LogP contribution in [0.15, 0.2) is 12.1 Å². The van der Waals surface area contributed by atoms with Gasteiger partial charge in [-0.2, -0.15) is 0 Å². The second kappa shape index (κ2) is 5.19. The number of Topliss-reactive ketones (excluding diaryl/α,β-unsaturated/α-hetero) is 1. The number of rotatable bonds is 3. The van der Waals surface area contributed by atoms with Gasteiger partial charge in [0.2, 0.25) is 0 Å². The molecule has 0 spiro atoms. The highest BCUT2D eigenvalue weighted by atomic mass is 127. The maximum Gasteiger partial charge on any atom is 0.179 e. The number of alkyl halides is 1. The number of ether oxygens (including phenoxy) is 1. The molecule has 0 radical (unpaired) electrons. The Balaban J connectivity index is 3.29. The third kappa shape index (κ3) is 2.52. The monoisotopic (exact) mass is 344 g/mol. The van der Waals surface area contributed by atoms with E-state index in [9.17, 15) is 4.79 Å². The standard InChI is InChI=1S/C9H7Cl2IO2/c1-14-8-3-5(12)2-6(9(8)11)7(13)4-10/h2-3H,4H2,1H3. The summed E-state index contributed by atoms with van der Waals surface area (Å²) in [5.74, 6) is 0.212. The quantitative estimate of drug-likeness (QED) is 0.477. The minimum absolute atomic E-state index is 0.0804. The average Bonchev–Trinajstić information content (AvgIpc) is 2.19. The van der Waals surface area contributed by atoms with Crippen LogP contribution in [0.2, 0.25) is 5.02 Å². The molecule has 1 aromatic carbocycles. The highest BCUT2D eigenvalue weighted by Gasteiger charge is 2.14. The van der Waals surface area contributed by atoms with Crippen molar-refractivity contribution in [2.75, 3.05) is 13.0 Å². The molecular formula is C9H7Cl2IO2. The van der Waals surface area contributed by atoms with Crippen molar-refractivity contribution in [2.24, 2.45) is 0 Å². The molecule has 1 aromatic rings. The Labute approximate surface area is 106 Å². The van der Waals surface area contributed by atoms with Gasteiger partial charge in [0.1, 0.15) is 5.75 Å².